The fourth-order valence-corrected chi connectivity index (χ4v) is 0.725. The minimum Gasteiger partial charge on any atom is -0.384 e. The molecule has 0 amide bonds. The van der Waals surface area contributed by atoms with Gasteiger partial charge in [0, 0.05) is 6.54 Å². The first-order valence-corrected chi connectivity index (χ1v) is 3.35. The highest BCUT2D eigenvalue weighted by atomic mass is 19.1. The molecule has 0 aliphatic rings. The molecule has 0 aliphatic carbocycles. The zero-order chi connectivity index (χ0) is 8.10. The SMILES string of the molecule is Nc1cccc(NCCF)n1. The minimum atomic E-state index is -0.406. The van der Waals surface area contributed by atoms with Gasteiger partial charge in [0.1, 0.15) is 18.3 Å². The summed E-state index contributed by atoms with van der Waals surface area (Å²) in [5, 5.41) is 2.77. The molecule has 0 saturated carbocycles. The summed E-state index contributed by atoms with van der Waals surface area (Å²) >= 11 is 0. The van der Waals surface area contributed by atoms with Crippen LogP contribution in [0.15, 0.2) is 18.2 Å². The van der Waals surface area contributed by atoms with Gasteiger partial charge in [-0.3, -0.25) is 0 Å². The standard InChI is InChI=1S/C7H10FN3/c8-4-5-10-7-3-1-2-6(9)11-7/h1-3H,4-5H2,(H3,9,10,11). The van der Waals surface area contributed by atoms with Crippen molar-refractivity contribution in [3.63, 3.8) is 0 Å². The summed E-state index contributed by atoms with van der Waals surface area (Å²) in [6, 6.07) is 5.19. The Bertz CT molecular complexity index is 227. The van der Waals surface area contributed by atoms with Gasteiger partial charge in [-0.2, -0.15) is 0 Å². The summed E-state index contributed by atoms with van der Waals surface area (Å²) in [5.74, 6) is 1.05. The second-order valence-electron chi connectivity index (χ2n) is 2.06. The topological polar surface area (TPSA) is 50.9 Å². The van der Waals surface area contributed by atoms with Gasteiger partial charge in [0.25, 0.3) is 0 Å². The summed E-state index contributed by atoms with van der Waals surface area (Å²) in [7, 11) is 0. The van der Waals surface area contributed by atoms with Crippen LogP contribution >= 0.6 is 0 Å². The molecule has 0 aromatic carbocycles. The number of anilines is 2. The first kappa shape index (κ1) is 7.78. The first-order chi connectivity index (χ1) is 5.33. The van der Waals surface area contributed by atoms with Crippen molar-refractivity contribution in [3.05, 3.63) is 18.2 Å². The molecule has 0 aliphatic heterocycles. The highest BCUT2D eigenvalue weighted by Crippen LogP contribution is 2.04. The number of alkyl halides is 1. The van der Waals surface area contributed by atoms with Gasteiger partial charge < -0.3 is 11.1 Å². The lowest BCUT2D eigenvalue weighted by molar-refractivity contribution is 0.512. The maximum Gasteiger partial charge on any atom is 0.128 e. The predicted molar refractivity (Wildman–Crippen MR) is 43.1 cm³/mol. The lowest BCUT2D eigenvalue weighted by Crippen LogP contribution is -2.05. The Morgan fingerprint density at radius 3 is 3.00 bits per heavy atom. The van der Waals surface area contributed by atoms with Gasteiger partial charge in [-0.1, -0.05) is 6.07 Å². The molecule has 0 fully saturated rings. The van der Waals surface area contributed by atoms with Crippen LogP contribution in [0.4, 0.5) is 16.0 Å². The van der Waals surface area contributed by atoms with Crippen LogP contribution in [0.25, 0.3) is 0 Å². The molecule has 1 rings (SSSR count). The van der Waals surface area contributed by atoms with Crippen molar-refractivity contribution in [2.45, 2.75) is 0 Å². The van der Waals surface area contributed by atoms with Gasteiger partial charge in [0.15, 0.2) is 0 Å². The Morgan fingerprint density at radius 1 is 1.55 bits per heavy atom. The minimum absolute atomic E-state index is 0.274. The number of aromatic nitrogens is 1. The summed E-state index contributed by atoms with van der Waals surface area (Å²) in [6.45, 7) is -0.132. The molecule has 1 aromatic rings. The molecule has 1 aromatic heterocycles. The third kappa shape index (κ3) is 2.41. The second kappa shape index (κ2) is 3.75. The van der Waals surface area contributed by atoms with Crippen LogP contribution in [0.5, 0.6) is 0 Å². The van der Waals surface area contributed by atoms with Crippen LogP contribution in [0, 0.1) is 0 Å². The molecule has 3 nitrogen and oxygen atoms in total. The van der Waals surface area contributed by atoms with Crippen LogP contribution < -0.4 is 11.1 Å². The second-order valence-corrected chi connectivity index (χ2v) is 2.06. The third-order valence-corrected chi connectivity index (χ3v) is 1.17. The fraction of sp³-hybridized carbons (Fsp3) is 0.286. The summed E-state index contributed by atoms with van der Waals surface area (Å²) < 4.78 is 11.7. The van der Waals surface area contributed by atoms with E-state index in [1.807, 2.05) is 0 Å². The molecule has 1 heterocycles. The van der Waals surface area contributed by atoms with Crippen molar-refractivity contribution < 1.29 is 4.39 Å². The fourth-order valence-electron chi connectivity index (χ4n) is 0.725. The highest BCUT2D eigenvalue weighted by Gasteiger charge is 1.91. The van der Waals surface area contributed by atoms with Gasteiger partial charge >= 0.3 is 0 Å². The van der Waals surface area contributed by atoms with E-state index in [1.54, 1.807) is 18.2 Å². The van der Waals surface area contributed by atoms with Gasteiger partial charge in [0.2, 0.25) is 0 Å². The molecule has 0 saturated heterocycles. The van der Waals surface area contributed by atoms with E-state index in [-0.39, 0.29) is 6.54 Å². The number of halogens is 1. The first-order valence-electron chi connectivity index (χ1n) is 3.35. The number of pyridine rings is 1. The Kier molecular flexibility index (Phi) is 2.66. The van der Waals surface area contributed by atoms with Crippen molar-refractivity contribution in [1.82, 2.24) is 4.98 Å². The summed E-state index contributed by atoms with van der Waals surface area (Å²) in [4.78, 5) is 3.91. The molecule has 11 heavy (non-hydrogen) atoms. The average Bonchev–Trinajstić information content (AvgIpc) is 2.01. The number of hydrogen-bond donors (Lipinski definition) is 2. The van der Waals surface area contributed by atoms with Gasteiger partial charge in [-0.25, -0.2) is 9.37 Å². The smallest absolute Gasteiger partial charge is 0.128 e. The normalized spacial score (nSPS) is 9.55. The Hall–Kier alpha value is -1.32. The number of nitrogens with one attached hydrogen (secondary N) is 1. The van der Waals surface area contributed by atoms with Crippen LogP contribution in [-0.2, 0) is 0 Å². The van der Waals surface area contributed by atoms with E-state index in [1.165, 1.54) is 0 Å². The van der Waals surface area contributed by atoms with Gasteiger partial charge in [0.05, 0.1) is 0 Å². The van der Waals surface area contributed by atoms with Crippen molar-refractivity contribution in [1.29, 1.82) is 0 Å². The largest absolute Gasteiger partial charge is 0.384 e. The molecule has 0 bridgehead atoms. The van der Waals surface area contributed by atoms with Crippen molar-refractivity contribution >= 4 is 11.6 Å². The number of nitrogens with zero attached hydrogens (tertiary/aromatic N) is 1. The number of rotatable bonds is 3. The molecule has 0 radical (unpaired) electrons. The van der Waals surface area contributed by atoms with E-state index in [4.69, 9.17) is 5.73 Å². The Balaban J connectivity index is 2.56. The van der Waals surface area contributed by atoms with Crippen LogP contribution in [0.2, 0.25) is 0 Å². The lowest BCUT2D eigenvalue weighted by Gasteiger charge is -2.01. The number of nitrogen functional groups attached to an aromatic ring is 1. The predicted octanol–water partition coefficient (Wildman–Crippen LogP) is 1.05. The van der Waals surface area contributed by atoms with Gasteiger partial charge in [-0.05, 0) is 12.1 Å². The summed E-state index contributed by atoms with van der Waals surface area (Å²) in [6.07, 6.45) is 0. The van der Waals surface area contributed by atoms with E-state index in [0.717, 1.165) is 0 Å². The maximum absolute atomic E-state index is 11.7. The van der Waals surface area contributed by atoms with E-state index < -0.39 is 6.67 Å². The zero-order valence-corrected chi connectivity index (χ0v) is 6.05. The molecule has 4 heteroatoms. The van der Waals surface area contributed by atoms with Crippen molar-refractivity contribution in [2.24, 2.45) is 0 Å². The van der Waals surface area contributed by atoms with Crippen molar-refractivity contribution in [2.75, 3.05) is 24.3 Å². The van der Waals surface area contributed by atoms with E-state index in [0.29, 0.717) is 11.6 Å². The monoisotopic (exact) mass is 155 g/mol. The van der Waals surface area contributed by atoms with E-state index in [9.17, 15) is 4.39 Å². The lowest BCUT2D eigenvalue weighted by atomic mass is 10.4. The zero-order valence-electron chi connectivity index (χ0n) is 6.05. The molecular formula is C7H10FN3. The Morgan fingerprint density at radius 2 is 2.36 bits per heavy atom. The molecule has 0 unspecified atom stereocenters. The van der Waals surface area contributed by atoms with Crippen LogP contribution in [0.1, 0.15) is 0 Å². The van der Waals surface area contributed by atoms with Crippen LogP contribution in [0.3, 0.4) is 0 Å². The summed E-state index contributed by atoms with van der Waals surface area (Å²) in [5.41, 5.74) is 5.39. The molecule has 0 spiro atoms. The molecular weight excluding hydrogens is 145 g/mol. The average molecular weight is 155 g/mol. The molecule has 0 atom stereocenters. The Labute approximate surface area is 64.4 Å². The quantitative estimate of drug-likeness (QED) is 0.685. The van der Waals surface area contributed by atoms with Gasteiger partial charge in [-0.15, -0.1) is 0 Å². The highest BCUT2D eigenvalue weighted by molar-refractivity contribution is 5.41. The van der Waals surface area contributed by atoms with E-state index >= 15 is 0 Å². The van der Waals surface area contributed by atoms with Crippen molar-refractivity contribution in [3.8, 4) is 0 Å². The molecule has 3 N–H and O–H groups in total. The third-order valence-electron chi connectivity index (χ3n) is 1.17. The number of hydrogen-bond acceptors (Lipinski definition) is 3. The maximum atomic E-state index is 11.7. The van der Waals surface area contributed by atoms with E-state index in [2.05, 4.69) is 10.3 Å². The van der Waals surface area contributed by atoms with Crippen LogP contribution in [-0.4, -0.2) is 18.2 Å². The molecule has 60 valence electrons. The number of nitrogens with two attached hydrogens (primary N) is 1.